The Morgan fingerprint density at radius 1 is 1.36 bits per heavy atom. The number of nitrogens with zero attached hydrogens (tertiary/aromatic N) is 3. The van der Waals surface area contributed by atoms with Gasteiger partial charge in [-0.25, -0.2) is 0 Å². The van der Waals surface area contributed by atoms with Crippen LogP contribution >= 0.6 is 0 Å². The van der Waals surface area contributed by atoms with Crippen molar-refractivity contribution in [1.29, 1.82) is 0 Å². The molecular formula is C17H20N4O. The third-order valence-electron chi connectivity index (χ3n) is 4.90. The van der Waals surface area contributed by atoms with Crippen molar-refractivity contribution < 1.29 is 4.79 Å². The maximum Gasteiger partial charge on any atom is 0.255 e. The molecule has 4 rings (SSSR count). The molecule has 0 radical (unpaired) electrons. The molecule has 2 aromatic rings. The number of hydrogen-bond donors (Lipinski definition) is 1. The first-order valence-electron chi connectivity index (χ1n) is 7.86. The fourth-order valence-corrected chi connectivity index (χ4v) is 3.78. The first-order valence-corrected chi connectivity index (χ1v) is 7.86. The summed E-state index contributed by atoms with van der Waals surface area (Å²) in [6.45, 7) is 3.78. The average Bonchev–Trinajstić information content (AvgIpc) is 3.26. The van der Waals surface area contributed by atoms with Crippen molar-refractivity contribution in [2.45, 2.75) is 19.0 Å². The molecule has 114 valence electrons. The highest BCUT2D eigenvalue weighted by atomic mass is 16.2. The average molecular weight is 296 g/mol. The Labute approximate surface area is 130 Å². The van der Waals surface area contributed by atoms with Gasteiger partial charge in [0.25, 0.3) is 5.91 Å². The molecule has 0 bridgehead atoms. The quantitative estimate of drug-likeness (QED) is 0.939. The summed E-state index contributed by atoms with van der Waals surface area (Å²) in [6.07, 6.45) is 8.51. The summed E-state index contributed by atoms with van der Waals surface area (Å²) in [4.78, 5) is 24.2. The second-order valence-corrected chi connectivity index (χ2v) is 6.26. The zero-order valence-electron chi connectivity index (χ0n) is 12.5. The minimum Gasteiger partial charge on any atom is -0.367 e. The van der Waals surface area contributed by atoms with Gasteiger partial charge in [0.1, 0.15) is 0 Å². The van der Waals surface area contributed by atoms with E-state index in [9.17, 15) is 4.79 Å². The van der Waals surface area contributed by atoms with E-state index in [1.165, 1.54) is 12.0 Å². The summed E-state index contributed by atoms with van der Waals surface area (Å²) in [6, 6.07) is 6.45. The third kappa shape index (κ3) is 2.41. The lowest BCUT2D eigenvalue weighted by Crippen LogP contribution is -2.36. The molecular weight excluding hydrogens is 276 g/mol. The van der Waals surface area contributed by atoms with Gasteiger partial charge in [0.15, 0.2) is 0 Å². The first kappa shape index (κ1) is 13.5. The van der Waals surface area contributed by atoms with Crippen LogP contribution in [0.1, 0.15) is 22.3 Å². The SMILES string of the molecule is O=C(c1cc[nH]c1)N1C[C@@H]2CCN(Cc3cccnc3)[C@@H]2C1. The molecule has 5 heteroatoms. The van der Waals surface area contributed by atoms with Crippen LogP contribution in [-0.2, 0) is 6.54 Å². The van der Waals surface area contributed by atoms with E-state index >= 15 is 0 Å². The molecule has 0 spiro atoms. The van der Waals surface area contributed by atoms with E-state index < -0.39 is 0 Å². The van der Waals surface area contributed by atoms with Crippen LogP contribution in [0.15, 0.2) is 43.0 Å². The van der Waals surface area contributed by atoms with Crippen molar-refractivity contribution in [1.82, 2.24) is 19.8 Å². The van der Waals surface area contributed by atoms with Crippen LogP contribution in [0.3, 0.4) is 0 Å². The lowest BCUT2D eigenvalue weighted by atomic mass is 10.1. The molecule has 2 aliphatic rings. The Morgan fingerprint density at radius 2 is 2.32 bits per heavy atom. The Hall–Kier alpha value is -2.14. The molecule has 1 amide bonds. The highest BCUT2D eigenvalue weighted by molar-refractivity contribution is 5.94. The van der Waals surface area contributed by atoms with Crippen molar-refractivity contribution in [3.8, 4) is 0 Å². The molecule has 0 aromatic carbocycles. The number of fused-ring (bicyclic) bond motifs is 1. The number of hydrogen-bond acceptors (Lipinski definition) is 3. The number of aromatic nitrogens is 2. The maximum atomic E-state index is 12.5. The summed E-state index contributed by atoms with van der Waals surface area (Å²) < 4.78 is 0. The summed E-state index contributed by atoms with van der Waals surface area (Å²) in [7, 11) is 0. The van der Waals surface area contributed by atoms with E-state index in [1.807, 2.05) is 29.4 Å². The molecule has 0 aliphatic carbocycles. The molecule has 0 unspecified atom stereocenters. The van der Waals surface area contributed by atoms with Crippen molar-refractivity contribution >= 4 is 5.91 Å². The summed E-state index contributed by atoms with van der Waals surface area (Å²) in [5, 5.41) is 0. The summed E-state index contributed by atoms with van der Waals surface area (Å²) in [5.41, 5.74) is 2.01. The van der Waals surface area contributed by atoms with E-state index in [0.29, 0.717) is 12.0 Å². The molecule has 22 heavy (non-hydrogen) atoms. The van der Waals surface area contributed by atoms with Crippen LogP contribution in [0.2, 0.25) is 0 Å². The smallest absolute Gasteiger partial charge is 0.255 e. The molecule has 0 saturated carbocycles. The summed E-state index contributed by atoms with van der Waals surface area (Å²) in [5.74, 6) is 0.761. The lowest BCUT2D eigenvalue weighted by Gasteiger charge is -2.24. The minimum absolute atomic E-state index is 0.150. The van der Waals surface area contributed by atoms with Gasteiger partial charge in [-0.05, 0) is 36.6 Å². The normalized spacial score (nSPS) is 24.6. The van der Waals surface area contributed by atoms with Crippen molar-refractivity contribution in [3.63, 3.8) is 0 Å². The molecule has 2 atom stereocenters. The largest absolute Gasteiger partial charge is 0.367 e. The number of nitrogens with one attached hydrogen (secondary N) is 1. The number of carbonyl (C=O) groups is 1. The van der Waals surface area contributed by atoms with Crippen LogP contribution in [0, 0.1) is 5.92 Å². The third-order valence-corrected chi connectivity index (χ3v) is 4.90. The highest BCUT2D eigenvalue weighted by Gasteiger charge is 2.42. The number of pyridine rings is 1. The summed E-state index contributed by atoms with van der Waals surface area (Å²) >= 11 is 0. The number of aromatic amines is 1. The number of carbonyl (C=O) groups excluding carboxylic acids is 1. The lowest BCUT2D eigenvalue weighted by molar-refractivity contribution is 0.0770. The minimum atomic E-state index is 0.150. The van der Waals surface area contributed by atoms with Gasteiger partial charge >= 0.3 is 0 Å². The zero-order chi connectivity index (χ0) is 14.9. The number of amides is 1. The topological polar surface area (TPSA) is 52.2 Å². The molecule has 4 heterocycles. The van der Waals surface area contributed by atoms with Crippen LogP contribution in [0.25, 0.3) is 0 Å². The van der Waals surface area contributed by atoms with Crippen LogP contribution in [0.5, 0.6) is 0 Å². The predicted molar refractivity (Wildman–Crippen MR) is 83.2 cm³/mol. The van der Waals surface area contributed by atoms with Crippen molar-refractivity contribution in [2.75, 3.05) is 19.6 Å². The van der Waals surface area contributed by atoms with Crippen LogP contribution < -0.4 is 0 Å². The van der Waals surface area contributed by atoms with Gasteiger partial charge in [0.2, 0.25) is 0 Å². The Morgan fingerprint density at radius 3 is 3.09 bits per heavy atom. The van der Waals surface area contributed by atoms with E-state index in [4.69, 9.17) is 0 Å². The Balaban J connectivity index is 1.44. The van der Waals surface area contributed by atoms with Gasteiger partial charge in [-0.2, -0.15) is 0 Å². The predicted octanol–water partition coefficient (Wildman–Crippen LogP) is 1.76. The van der Waals surface area contributed by atoms with Crippen molar-refractivity contribution in [3.05, 3.63) is 54.1 Å². The number of rotatable bonds is 3. The van der Waals surface area contributed by atoms with Crippen molar-refractivity contribution in [2.24, 2.45) is 5.92 Å². The highest BCUT2D eigenvalue weighted by Crippen LogP contribution is 2.33. The van der Waals surface area contributed by atoms with E-state index in [-0.39, 0.29) is 5.91 Å². The van der Waals surface area contributed by atoms with E-state index in [1.54, 1.807) is 12.4 Å². The molecule has 2 aliphatic heterocycles. The van der Waals surface area contributed by atoms with Crippen LogP contribution in [-0.4, -0.2) is 51.4 Å². The molecule has 5 nitrogen and oxygen atoms in total. The van der Waals surface area contributed by atoms with Gasteiger partial charge in [0.05, 0.1) is 5.56 Å². The monoisotopic (exact) mass is 296 g/mol. The van der Waals surface area contributed by atoms with Gasteiger partial charge < -0.3 is 9.88 Å². The standard InChI is InChI=1S/C17H20N4O/c22-17(14-3-6-19-9-14)21-11-15-4-7-20(16(15)12-21)10-13-2-1-5-18-8-13/h1-3,5-6,8-9,15-16,19H,4,7,10-12H2/t15-,16+/m0/s1. The molecule has 1 N–H and O–H groups in total. The fourth-order valence-electron chi connectivity index (χ4n) is 3.78. The Kier molecular flexibility index (Phi) is 3.42. The van der Waals surface area contributed by atoms with Crippen LogP contribution in [0.4, 0.5) is 0 Å². The van der Waals surface area contributed by atoms with Gasteiger partial charge in [-0.3, -0.25) is 14.7 Å². The fraction of sp³-hybridized carbons (Fsp3) is 0.412. The second-order valence-electron chi connectivity index (χ2n) is 6.26. The number of H-pyrrole nitrogens is 1. The number of likely N-dealkylation sites (tertiary alicyclic amines) is 2. The van der Waals surface area contributed by atoms with E-state index in [0.717, 1.165) is 31.7 Å². The second kappa shape index (κ2) is 5.57. The van der Waals surface area contributed by atoms with E-state index in [2.05, 4.69) is 20.9 Å². The Bertz CT molecular complexity index is 640. The van der Waals surface area contributed by atoms with Gasteiger partial charge in [-0.1, -0.05) is 6.07 Å². The molecule has 2 aromatic heterocycles. The molecule has 2 fully saturated rings. The van der Waals surface area contributed by atoms with Gasteiger partial charge in [-0.15, -0.1) is 0 Å². The molecule has 2 saturated heterocycles. The first-order chi connectivity index (χ1) is 10.8. The zero-order valence-corrected chi connectivity index (χ0v) is 12.5. The maximum absolute atomic E-state index is 12.5. The van der Waals surface area contributed by atoms with Gasteiger partial charge in [0, 0.05) is 50.5 Å².